The van der Waals surface area contributed by atoms with E-state index in [2.05, 4.69) is 5.14 Å². The van der Waals surface area contributed by atoms with E-state index < -0.39 is 26.6 Å². The average Bonchev–Trinajstić information content (AvgIpc) is 1.92. The molecule has 13 heavy (non-hydrogen) atoms. The van der Waals surface area contributed by atoms with Crippen molar-refractivity contribution in [3.05, 3.63) is 29.8 Å². The van der Waals surface area contributed by atoms with Gasteiger partial charge in [-0.15, -0.1) is 0 Å². The molecule has 1 aromatic carbocycles. The van der Waals surface area contributed by atoms with Crippen LogP contribution in [-0.2, 0) is 10.0 Å². The summed E-state index contributed by atoms with van der Waals surface area (Å²) in [6.07, 6.45) is 0. The molecule has 0 saturated carbocycles. The van der Waals surface area contributed by atoms with Crippen molar-refractivity contribution < 1.29 is 17.2 Å². The number of sulfonamides is 1. The van der Waals surface area contributed by atoms with Crippen LogP contribution in [0.15, 0.2) is 23.1 Å². The average molecular weight is 217 g/mol. The number of rotatable bonds is 1. The van der Waals surface area contributed by atoms with Gasteiger partial charge in [-0.2, -0.15) is 0 Å². The van der Waals surface area contributed by atoms with Gasteiger partial charge in [-0.25, -0.2) is 22.3 Å². The molecule has 1 aromatic rings. The van der Waals surface area contributed by atoms with Gasteiger partial charge < -0.3 is 0 Å². The van der Waals surface area contributed by atoms with Gasteiger partial charge in [-0.3, -0.25) is 0 Å². The van der Waals surface area contributed by atoms with Crippen molar-refractivity contribution in [3.8, 4) is 0 Å². The van der Waals surface area contributed by atoms with E-state index in [1.54, 1.807) is 0 Å². The van der Waals surface area contributed by atoms with Crippen LogP contribution in [0.3, 0.4) is 0 Å². The van der Waals surface area contributed by atoms with Crippen LogP contribution in [0.25, 0.3) is 0 Å². The zero-order valence-corrected chi connectivity index (χ0v) is 6.61. The minimum absolute atomic E-state index is 0. The normalized spacial score (nSPS) is 10.7. The standard InChI is InChI=1S/C6H5F2NO2S.Na.H/c7-5-2-1-4(3-6(5)8)12(9,10)11;;/h1-3H,(H2,9,10,11);;. The summed E-state index contributed by atoms with van der Waals surface area (Å²) >= 11 is 0. The van der Waals surface area contributed by atoms with Crippen molar-refractivity contribution in [1.29, 1.82) is 0 Å². The van der Waals surface area contributed by atoms with Crippen LogP contribution < -0.4 is 5.14 Å². The summed E-state index contributed by atoms with van der Waals surface area (Å²) in [6, 6.07) is 2.13. The van der Waals surface area contributed by atoms with Gasteiger partial charge >= 0.3 is 29.6 Å². The van der Waals surface area contributed by atoms with Crippen LogP contribution in [0.1, 0.15) is 0 Å². The summed E-state index contributed by atoms with van der Waals surface area (Å²) in [5.74, 6) is -2.34. The number of hydrogen-bond donors (Lipinski definition) is 1. The molecule has 0 aliphatic heterocycles. The topological polar surface area (TPSA) is 60.2 Å². The Morgan fingerprint density at radius 3 is 2.08 bits per heavy atom. The molecule has 68 valence electrons. The van der Waals surface area contributed by atoms with Crippen LogP contribution in [-0.4, -0.2) is 38.0 Å². The van der Waals surface area contributed by atoms with E-state index in [1.807, 2.05) is 0 Å². The van der Waals surface area contributed by atoms with Crippen molar-refractivity contribution in [2.24, 2.45) is 5.14 Å². The number of benzene rings is 1. The zero-order chi connectivity index (χ0) is 9.35. The molecular formula is C6H6F2NNaO2S. The summed E-state index contributed by atoms with van der Waals surface area (Å²) in [5.41, 5.74) is 0. The molecule has 7 heteroatoms. The molecule has 0 atom stereocenters. The minimum atomic E-state index is -3.95. The summed E-state index contributed by atoms with van der Waals surface area (Å²) in [5, 5.41) is 4.66. The monoisotopic (exact) mass is 217 g/mol. The number of hydrogen-bond acceptors (Lipinski definition) is 2. The van der Waals surface area contributed by atoms with Gasteiger partial charge in [0.1, 0.15) is 0 Å². The number of nitrogens with two attached hydrogens (primary N) is 1. The number of halogens is 2. The van der Waals surface area contributed by atoms with E-state index in [-0.39, 0.29) is 29.6 Å². The third-order valence-electron chi connectivity index (χ3n) is 1.22. The molecule has 0 aromatic heterocycles. The van der Waals surface area contributed by atoms with E-state index >= 15 is 0 Å². The van der Waals surface area contributed by atoms with Crippen molar-refractivity contribution in [2.75, 3.05) is 0 Å². The van der Waals surface area contributed by atoms with Crippen molar-refractivity contribution in [1.82, 2.24) is 0 Å². The predicted octanol–water partition coefficient (Wildman–Crippen LogP) is -0.0363. The maximum absolute atomic E-state index is 12.4. The molecule has 1 rings (SSSR count). The second-order valence-corrected chi connectivity index (χ2v) is 3.68. The first kappa shape index (κ1) is 13.0. The quantitative estimate of drug-likeness (QED) is 0.671. The Bertz CT molecular complexity index is 407. The third-order valence-corrected chi connectivity index (χ3v) is 2.13. The SMILES string of the molecule is NS(=O)(=O)c1ccc(F)c(F)c1.[NaH]. The first-order valence-corrected chi connectivity index (χ1v) is 4.44. The molecule has 0 aliphatic carbocycles. The van der Waals surface area contributed by atoms with Crippen molar-refractivity contribution in [2.45, 2.75) is 4.90 Å². The fourth-order valence-electron chi connectivity index (χ4n) is 0.654. The van der Waals surface area contributed by atoms with E-state index in [9.17, 15) is 17.2 Å². The maximum atomic E-state index is 12.4. The van der Waals surface area contributed by atoms with E-state index in [1.165, 1.54) is 0 Å². The van der Waals surface area contributed by atoms with E-state index in [0.29, 0.717) is 12.1 Å². The Kier molecular flexibility index (Phi) is 4.47. The molecule has 0 fully saturated rings. The zero-order valence-electron chi connectivity index (χ0n) is 5.79. The second-order valence-electron chi connectivity index (χ2n) is 2.12. The predicted molar refractivity (Wildman–Crippen MR) is 44.9 cm³/mol. The molecule has 0 unspecified atom stereocenters. The van der Waals surface area contributed by atoms with Crippen LogP contribution in [0.2, 0.25) is 0 Å². The summed E-state index contributed by atoms with van der Waals surface area (Å²) in [6.45, 7) is 0. The Morgan fingerprint density at radius 1 is 1.15 bits per heavy atom. The van der Waals surface area contributed by atoms with E-state index in [0.717, 1.165) is 6.07 Å². The van der Waals surface area contributed by atoms with Crippen LogP contribution in [0.5, 0.6) is 0 Å². The van der Waals surface area contributed by atoms with Crippen LogP contribution >= 0.6 is 0 Å². The Morgan fingerprint density at radius 2 is 1.69 bits per heavy atom. The van der Waals surface area contributed by atoms with Gasteiger partial charge in [0, 0.05) is 0 Å². The molecular weight excluding hydrogens is 211 g/mol. The number of primary sulfonamides is 1. The van der Waals surface area contributed by atoms with Gasteiger partial charge in [-0.05, 0) is 18.2 Å². The first-order chi connectivity index (χ1) is 5.41. The summed E-state index contributed by atoms with van der Waals surface area (Å²) in [4.78, 5) is -0.443. The molecule has 0 aliphatic rings. The first-order valence-electron chi connectivity index (χ1n) is 2.89. The van der Waals surface area contributed by atoms with Gasteiger partial charge in [0.05, 0.1) is 4.90 Å². The Hall–Kier alpha value is -0.0100. The molecule has 0 spiro atoms. The molecule has 2 N–H and O–H groups in total. The van der Waals surface area contributed by atoms with Gasteiger partial charge in [0.25, 0.3) is 0 Å². The fourth-order valence-corrected chi connectivity index (χ4v) is 1.18. The molecule has 0 saturated heterocycles. The molecule has 0 radical (unpaired) electrons. The second kappa shape index (κ2) is 4.47. The fraction of sp³-hybridized carbons (Fsp3) is 0. The van der Waals surface area contributed by atoms with Gasteiger partial charge in [-0.1, -0.05) is 0 Å². The molecule has 3 nitrogen and oxygen atoms in total. The van der Waals surface area contributed by atoms with Gasteiger partial charge in [0.15, 0.2) is 11.6 Å². The molecule has 0 heterocycles. The van der Waals surface area contributed by atoms with E-state index in [4.69, 9.17) is 0 Å². The Labute approximate surface area is 96.3 Å². The summed E-state index contributed by atoms with van der Waals surface area (Å²) in [7, 11) is -3.95. The third kappa shape index (κ3) is 3.32. The molecule has 0 bridgehead atoms. The summed E-state index contributed by atoms with van der Waals surface area (Å²) < 4.78 is 45.9. The van der Waals surface area contributed by atoms with Crippen molar-refractivity contribution >= 4 is 39.6 Å². The van der Waals surface area contributed by atoms with Crippen molar-refractivity contribution in [3.63, 3.8) is 0 Å². The van der Waals surface area contributed by atoms with Crippen LogP contribution in [0.4, 0.5) is 8.78 Å². The Balaban J connectivity index is 0.00000144. The van der Waals surface area contributed by atoms with Gasteiger partial charge in [0.2, 0.25) is 10.0 Å². The molecule has 0 amide bonds. The van der Waals surface area contributed by atoms with Crippen LogP contribution in [0, 0.1) is 11.6 Å².